The van der Waals surface area contributed by atoms with Gasteiger partial charge in [-0.2, -0.15) is 5.10 Å². The summed E-state index contributed by atoms with van der Waals surface area (Å²) in [5.74, 6) is 0.588. The number of anilines is 1. The number of carbonyl (C=O) groups is 1. The molecule has 14 heavy (non-hydrogen) atoms. The number of nitrogens with zero attached hydrogens (tertiary/aromatic N) is 1. The molecule has 0 aliphatic heterocycles. The number of rotatable bonds is 3. The molecule has 1 heterocycles. The number of fused-ring (bicyclic) bond motifs is 1. The highest BCUT2D eigenvalue weighted by molar-refractivity contribution is 5.93. The standard InChI is InChI=1S/C10H11N3O/c1-2-7-3-4-9-8(5-7)10(11-6-14)13-12-9/h3-6H,2H2,1H3,(H2,11,12,13,14). The molecule has 0 saturated heterocycles. The molecule has 1 aromatic heterocycles. The molecule has 0 saturated carbocycles. The van der Waals surface area contributed by atoms with Crippen LogP contribution in [0.2, 0.25) is 0 Å². The van der Waals surface area contributed by atoms with Crippen LogP contribution >= 0.6 is 0 Å². The molecule has 1 aromatic carbocycles. The number of carbonyl (C=O) groups excluding carboxylic acids is 1. The van der Waals surface area contributed by atoms with Crippen LogP contribution in [-0.2, 0) is 11.2 Å². The normalized spacial score (nSPS) is 10.4. The first-order chi connectivity index (χ1) is 6.85. The van der Waals surface area contributed by atoms with Gasteiger partial charge in [0.2, 0.25) is 6.41 Å². The Morgan fingerprint density at radius 1 is 1.57 bits per heavy atom. The second kappa shape index (κ2) is 3.49. The second-order valence-electron chi connectivity index (χ2n) is 3.07. The van der Waals surface area contributed by atoms with Gasteiger partial charge >= 0.3 is 0 Å². The molecule has 2 N–H and O–H groups in total. The summed E-state index contributed by atoms with van der Waals surface area (Å²) in [5.41, 5.74) is 2.17. The van der Waals surface area contributed by atoms with E-state index in [9.17, 15) is 4.79 Å². The van der Waals surface area contributed by atoms with Gasteiger partial charge < -0.3 is 5.32 Å². The Morgan fingerprint density at radius 3 is 3.14 bits per heavy atom. The zero-order chi connectivity index (χ0) is 9.97. The first-order valence-corrected chi connectivity index (χ1v) is 4.52. The minimum absolute atomic E-state index is 0.588. The number of aromatic nitrogens is 2. The van der Waals surface area contributed by atoms with Gasteiger partial charge in [0.25, 0.3) is 0 Å². The summed E-state index contributed by atoms with van der Waals surface area (Å²) < 4.78 is 0. The van der Waals surface area contributed by atoms with E-state index in [1.54, 1.807) is 0 Å². The van der Waals surface area contributed by atoms with E-state index in [4.69, 9.17) is 0 Å². The monoisotopic (exact) mass is 189 g/mol. The summed E-state index contributed by atoms with van der Waals surface area (Å²) in [4.78, 5) is 10.3. The number of benzene rings is 1. The van der Waals surface area contributed by atoms with E-state index >= 15 is 0 Å². The molecule has 72 valence electrons. The Labute approximate surface area is 81.3 Å². The molecule has 0 radical (unpaired) electrons. The topological polar surface area (TPSA) is 57.8 Å². The van der Waals surface area contributed by atoms with E-state index in [-0.39, 0.29) is 0 Å². The Bertz CT molecular complexity index is 461. The summed E-state index contributed by atoms with van der Waals surface area (Å²) >= 11 is 0. The van der Waals surface area contributed by atoms with Crippen molar-refractivity contribution in [2.45, 2.75) is 13.3 Å². The summed E-state index contributed by atoms with van der Waals surface area (Å²) in [6.07, 6.45) is 1.61. The van der Waals surface area contributed by atoms with Gasteiger partial charge in [-0.05, 0) is 24.1 Å². The SMILES string of the molecule is CCc1ccc2[nH]nc(NC=O)c2c1. The largest absolute Gasteiger partial charge is 0.311 e. The number of hydrogen-bond donors (Lipinski definition) is 2. The minimum atomic E-state index is 0.588. The van der Waals surface area contributed by atoms with Gasteiger partial charge in [0.15, 0.2) is 5.82 Å². The van der Waals surface area contributed by atoms with Gasteiger partial charge in [0.05, 0.1) is 5.52 Å². The summed E-state index contributed by atoms with van der Waals surface area (Å²) in [6.45, 7) is 2.09. The summed E-state index contributed by atoms with van der Waals surface area (Å²) in [7, 11) is 0. The molecule has 0 atom stereocenters. The Morgan fingerprint density at radius 2 is 2.43 bits per heavy atom. The van der Waals surface area contributed by atoms with Crippen molar-refractivity contribution in [2.24, 2.45) is 0 Å². The fourth-order valence-corrected chi connectivity index (χ4v) is 1.45. The van der Waals surface area contributed by atoms with Crippen LogP contribution in [-0.4, -0.2) is 16.6 Å². The first-order valence-electron chi connectivity index (χ1n) is 4.52. The van der Waals surface area contributed by atoms with E-state index in [0.717, 1.165) is 17.3 Å². The predicted octanol–water partition coefficient (Wildman–Crippen LogP) is 1.69. The smallest absolute Gasteiger partial charge is 0.212 e. The Kier molecular flexibility index (Phi) is 2.18. The zero-order valence-electron chi connectivity index (χ0n) is 7.87. The lowest BCUT2D eigenvalue weighted by molar-refractivity contribution is -0.105. The molecule has 4 nitrogen and oxygen atoms in total. The van der Waals surface area contributed by atoms with E-state index in [0.29, 0.717) is 12.2 Å². The van der Waals surface area contributed by atoms with Crippen LogP contribution in [0.3, 0.4) is 0 Å². The highest BCUT2D eigenvalue weighted by Crippen LogP contribution is 2.21. The van der Waals surface area contributed by atoms with Crippen molar-refractivity contribution in [3.63, 3.8) is 0 Å². The van der Waals surface area contributed by atoms with Gasteiger partial charge in [0, 0.05) is 5.39 Å². The molecular formula is C10H11N3O. The fraction of sp³-hybridized carbons (Fsp3) is 0.200. The Hall–Kier alpha value is -1.84. The van der Waals surface area contributed by atoms with Crippen LogP contribution in [0.25, 0.3) is 10.9 Å². The molecule has 0 bridgehead atoms. The van der Waals surface area contributed by atoms with Crippen LogP contribution in [0.4, 0.5) is 5.82 Å². The number of aromatic amines is 1. The van der Waals surface area contributed by atoms with Crippen LogP contribution in [0.15, 0.2) is 18.2 Å². The van der Waals surface area contributed by atoms with Crippen molar-refractivity contribution in [1.82, 2.24) is 10.2 Å². The molecule has 0 unspecified atom stereocenters. The van der Waals surface area contributed by atoms with E-state index in [1.807, 2.05) is 18.2 Å². The van der Waals surface area contributed by atoms with Crippen LogP contribution in [0.1, 0.15) is 12.5 Å². The molecule has 0 fully saturated rings. The lowest BCUT2D eigenvalue weighted by atomic mass is 10.1. The third-order valence-corrected chi connectivity index (χ3v) is 2.23. The average molecular weight is 189 g/mol. The van der Waals surface area contributed by atoms with Crippen LogP contribution < -0.4 is 5.32 Å². The fourth-order valence-electron chi connectivity index (χ4n) is 1.45. The van der Waals surface area contributed by atoms with Crippen molar-refractivity contribution in [3.05, 3.63) is 23.8 Å². The van der Waals surface area contributed by atoms with Gasteiger partial charge in [-0.25, -0.2) is 0 Å². The molecule has 4 heteroatoms. The Balaban J connectivity index is 2.57. The lowest BCUT2D eigenvalue weighted by Gasteiger charge is -1.97. The molecule has 2 aromatic rings. The van der Waals surface area contributed by atoms with Crippen molar-refractivity contribution >= 4 is 23.1 Å². The van der Waals surface area contributed by atoms with E-state index in [1.165, 1.54) is 5.56 Å². The highest BCUT2D eigenvalue weighted by Gasteiger charge is 2.04. The average Bonchev–Trinajstić information content (AvgIpc) is 2.61. The second-order valence-corrected chi connectivity index (χ2v) is 3.07. The van der Waals surface area contributed by atoms with Crippen molar-refractivity contribution in [1.29, 1.82) is 0 Å². The summed E-state index contributed by atoms with van der Waals surface area (Å²) in [6, 6.07) is 6.05. The number of nitrogens with one attached hydrogen (secondary N) is 2. The predicted molar refractivity (Wildman–Crippen MR) is 55.2 cm³/mol. The van der Waals surface area contributed by atoms with Gasteiger partial charge in [-0.15, -0.1) is 0 Å². The minimum Gasteiger partial charge on any atom is -0.311 e. The third kappa shape index (κ3) is 1.35. The third-order valence-electron chi connectivity index (χ3n) is 2.23. The van der Waals surface area contributed by atoms with Crippen molar-refractivity contribution in [3.8, 4) is 0 Å². The van der Waals surface area contributed by atoms with Gasteiger partial charge in [-0.1, -0.05) is 13.0 Å². The quantitative estimate of drug-likeness (QED) is 0.722. The maximum atomic E-state index is 10.3. The molecule has 0 aliphatic carbocycles. The number of amides is 1. The molecule has 0 spiro atoms. The molecule has 2 rings (SSSR count). The van der Waals surface area contributed by atoms with Gasteiger partial charge in [0.1, 0.15) is 0 Å². The maximum absolute atomic E-state index is 10.3. The van der Waals surface area contributed by atoms with E-state index in [2.05, 4.69) is 22.4 Å². The molecule has 0 aliphatic rings. The molecular weight excluding hydrogens is 178 g/mol. The highest BCUT2D eigenvalue weighted by atomic mass is 16.1. The zero-order valence-corrected chi connectivity index (χ0v) is 7.87. The van der Waals surface area contributed by atoms with Gasteiger partial charge in [-0.3, -0.25) is 9.89 Å². The number of aryl methyl sites for hydroxylation is 1. The lowest BCUT2D eigenvalue weighted by Crippen LogP contribution is -1.94. The first kappa shape index (κ1) is 8.74. The molecule has 1 amide bonds. The summed E-state index contributed by atoms with van der Waals surface area (Å²) in [5, 5.41) is 10.4. The number of hydrogen-bond acceptors (Lipinski definition) is 2. The maximum Gasteiger partial charge on any atom is 0.212 e. The van der Waals surface area contributed by atoms with Crippen molar-refractivity contribution < 1.29 is 4.79 Å². The van der Waals surface area contributed by atoms with Crippen LogP contribution in [0.5, 0.6) is 0 Å². The van der Waals surface area contributed by atoms with Crippen LogP contribution in [0, 0.1) is 0 Å². The van der Waals surface area contributed by atoms with E-state index < -0.39 is 0 Å². The number of H-pyrrole nitrogens is 1. The van der Waals surface area contributed by atoms with Crippen molar-refractivity contribution in [2.75, 3.05) is 5.32 Å².